The lowest BCUT2D eigenvalue weighted by atomic mass is 10.1. The molecule has 1 fully saturated rings. The fourth-order valence-electron chi connectivity index (χ4n) is 3.63. The van der Waals surface area contributed by atoms with E-state index < -0.39 is 29.1 Å². The van der Waals surface area contributed by atoms with Crippen molar-refractivity contribution in [1.29, 1.82) is 0 Å². The van der Waals surface area contributed by atoms with E-state index in [9.17, 15) is 13.2 Å². The number of pyridine rings is 1. The number of nitrogens with zero attached hydrogens (tertiary/aromatic N) is 3. The number of nitrogens with one attached hydrogen (secondary N) is 1. The van der Waals surface area contributed by atoms with Crippen LogP contribution in [0.25, 0.3) is 11.1 Å². The molecule has 6 nitrogen and oxygen atoms in total. The van der Waals surface area contributed by atoms with Gasteiger partial charge < -0.3 is 15.8 Å². The number of halogens is 3. The molecule has 4 rings (SSSR count). The molecule has 1 atom stereocenters. The summed E-state index contributed by atoms with van der Waals surface area (Å²) in [6.45, 7) is 3.32. The average Bonchev–Trinajstić information content (AvgIpc) is 3.24. The van der Waals surface area contributed by atoms with Gasteiger partial charge in [-0.25, -0.2) is 18.2 Å². The smallest absolute Gasteiger partial charge is 0.168 e. The molecule has 9 heteroatoms. The zero-order chi connectivity index (χ0) is 21.3. The Morgan fingerprint density at radius 2 is 1.87 bits per heavy atom. The highest BCUT2D eigenvalue weighted by Gasteiger charge is 2.22. The predicted octanol–water partition coefficient (Wildman–Crippen LogP) is 4.01. The predicted molar refractivity (Wildman–Crippen MR) is 106 cm³/mol. The molecule has 30 heavy (non-hydrogen) atoms. The van der Waals surface area contributed by atoms with Crippen LogP contribution in [0.4, 0.5) is 19.0 Å². The number of hydrogen-bond donors (Lipinski definition) is 2. The van der Waals surface area contributed by atoms with Gasteiger partial charge in [0.1, 0.15) is 11.9 Å². The van der Waals surface area contributed by atoms with E-state index in [1.807, 2.05) is 10.9 Å². The van der Waals surface area contributed by atoms with Gasteiger partial charge in [0.05, 0.1) is 17.8 Å². The van der Waals surface area contributed by atoms with E-state index in [-0.39, 0.29) is 11.6 Å². The number of anilines is 1. The van der Waals surface area contributed by atoms with E-state index in [1.54, 1.807) is 18.5 Å². The zero-order valence-electron chi connectivity index (χ0n) is 16.4. The van der Waals surface area contributed by atoms with Gasteiger partial charge in [0.25, 0.3) is 0 Å². The molecule has 3 heterocycles. The van der Waals surface area contributed by atoms with Crippen molar-refractivity contribution < 1.29 is 17.9 Å². The zero-order valence-corrected chi connectivity index (χ0v) is 16.4. The van der Waals surface area contributed by atoms with Gasteiger partial charge in [0, 0.05) is 23.5 Å². The lowest BCUT2D eigenvalue weighted by molar-refractivity contribution is 0.214. The number of nitrogen functional groups attached to an aromatic ring is 1. The second-order valence-corrected chi connectivity index (χ2v) is 7.31. The van der Waals surface area contributed by atoms with Gasteiger partial charge >= 0.3 is 0 Å². The molecule has 158 valence electrons. The first kappa shape index (κ1) is 20.2. The van der Waals surface area contributed by atoms with Crippen molar-refractivity contribution in [2.45, 2.75) is 31.9 Å². The first-order valence-corrected chi connectivity index (χ1v) is 9.75. The van der Waals surface area contributed by atoms with E-state index >= 15 is 0 Å². The molecular formula is C21H22F3N5O. The van der Waals surface area contributed by atoms with E-state index in [2.05, 4.69) is 15.4 Å². The fourth-order valence-corrected chi connectivity index (χ4v) is 3.63. The highest BCUT2D eigenvalue weighted by molar-refractivity contribution is 5.65. The quantitative estimate of drug-likeness (QED) is 0.614. The standard InChI is InChI=1S/C21H22F3N5O/c1-12(19-16(22)2-3-17(23)20(19)24)30-18-8-13(9-27-21(18)25)14-10-28-29(11-14)15-4-6-26-7-5-15/h2-3,8-12,15,26H,4-7H2,1H3,(H2,25,27). The molecule has 0 bridgehead atoms. The molecule has 1 aromatic carbocycles. The topological polar surface area (TPSA) is 78.0 Å². The summed E-state index contributed by atoms with van der Waals surface area (Å²) in [5.41, 5.74) is 6.92. The van der Waals surface area contributed by atoms with Gasteiger partial charge in [-0.1, -0.05) is 0 Å². The van der Waals surface area contributed by atoms with Crippen LogP contribution >= 0.6 is 0 Å². The molecule has 0 radical (unpaired) electrons. The van der Waals surface area contributed by atoms with Gasteiger partial charge in [-0.15, -0.1) is 0 Å². The van der Waals surface area contributed by atoms with Gasteiger partial charge in [-0.05, 0) is 51.1 Å². The lowest BCUT2D eigenvalue weighted by Crippen LogP contribution is -2.29. The van der Waals surface area contributed by atoms with Crippen molar-refractivity contribution in [2.24, 2.45) is 0 Å². The van der Waals surface area contributed by atoms with Crippen LogP contribution in [0.3, 0.4) is 0 Å². The minimum Gasteiger partial charge on any atom is -0.482 e. The Hall–Kier alpha value is -3.07. The first-order valence-electron chi connectivity index (χ1n) is 9.75. The van der Waals surface area contributed by atoms with Gasteiger partial charge in [0.2, 0.25) is 0 Å². The Labute approximate surface area is 171 Å². The van der Waals surface area contributed by atoms with Crippen LogP contribution < -0.4 is 15.8 Å². The molecule has 1 aliphatic rings. The number of ether oxygens (including phenoxy) is 1. The third kappa shape index (κ3) is 3.97. The van der Waals surface area contributed by atoms with E-state index in [4.69, 9.17) is 10.5 Å². The second-order valence-electron chi connectivity index (χ2n) is 7.31. The van der Waals surface area contributed by atoms with Crippen LogP contribution in [0.2, 0.25) is 0 Å². The van der Waals surface area contributed by atoms with Crippen LogP contribution in [0.5, 0.6) is 5.75 Å². The largest absolute Gasteiger partial charge is 0.482 e. The van der Waals surface area contributed by atoms with Gasteiger partial charge in [-0.3, -0.25) is 4.68 Å². The number of piperidine rings is 1. The highest BCUT2D eigenvalue weighted by atomic mass is 19.2. The minimum absolute atomic E-state index is 0.0635. The highest BCUT2D eigenvalue weighted by Crippen LogP contribution is 2.33. The van der Waals surface area contributed by atoms with Crippen LogP contribution in [-0.2, 0) is 0 Å². The first-order chi connectivity index (χ1) is 14.4. The third-order valence-corrected chi connectivity index (χ3v) is 5.29. The fraction of sp³-hybridized carbons (Fsp3) is 0.333. The summed E-state index contributed by atoms with van der Waals surface area (Å²) in [7, 11) is 0. The normalized spacial score (nSPS) is 15.9. The monoisotopic (exact) mass is 417 g/mol. The van der Waals surface area contributed by atoms with Gasteiger partial charge in [0.15, 0.2) is 23.2 Å². The Bertz CT molecular complexity index is 1050. The molecule has 0 amide bonds. The maximum absolute atomic E-state index is 14.1. The number of aromatic nitrogens is 3. The summed E-state index contributed by atoms with van der Waals surface area (Å²) < 4.78 is 49.3. The third-order valence-electron chi connectivity index (χ3n) is 5.29. The van der Waals surface area contributed by atoms with Gasteiger partial charge in [-0.2, -0.15) is 5.10 Å². The van der Waals surface area contributed by atoms with E-state index in [1.165, 1.54) is 6.92 Å². The van der Waals surface area contributed by atoms with E-state index in [0.717, 1.165) is 43.6 Å². The summed E-state index contributed by atoms with van der Waals surface area (Å²) in [6.07, 6.45) is 6.13. The molecule has 0 spiro atoms. The maximum Gasteiger partial charge on any atom is 0.168 e. The number of rotatable bonds is 5. The Kier molecular flexibility index (Phi) is 5.63. The molecule has 0 saturated carbocycles. The van der Waals surface area contributed by atoms with E-state index in [0.29, 0.717) is 11.6 Å². The Morgan fingerprint density at radius 1 is 1.13 bits per heavy atom. The van der Waals surface area contributed by atoms with Crippen LogP contribution in [0.15, 0.2) is 36.8 Å². The average molecular weight is 417 g/mol. The summed E-state index contributed by atoms with van der Waals surface area (Å²) in [6, 6.07) is 3.56. The molecule has 3 N–H and O–H groups in total. The number of hydrogen-bond acceptors (Lipinski definition) is 5. The lowest BCUT2D eigenvalue weighted by Gasteiger charge is -2.22. The van der Waals surface area contributed by atoms with Crippen molar-refractivity contribution in [3.63, 3.8) is 0 Å². The van der Waals surface area contributed by atoms with Crippen LogP contribution in [0.1, 0.15) is 37.5 Å². The Morgan fingerprint density at radius 3 is 2.63 bits per heavy atom. The van der Waals surface area contributed by atoms with Crippen molar-refractivity contribution in [3.05, 3.63) is 59.8 Å². The molecular weight excluding hydrogens is 395 g/mol. The second kappa shape index (κ2) is 8.35. The number of benzene rings is 1. The SMILES string of the molecule is CC(Oc1cc(-c2cnn(C3CCNCC3)c2)cnc1N)c1c(F)ccc(F)c1F. The molecule has 1 saturated heterocycles. The minimum atomic E-state index is -1.28. The summed E-state index contributed by atoms with van der Waals surface area (Å²) >= 11 is 0. The van der Waals surface area contributed by atoms with Crippen LogP contribution in [0, 0.1) is 17.5 Å². The van der Waals surface area contributed by atoms with Crippen molar-refractivity contribution >= 4 is 5.82 Å². The summed E-state index contributed by atoms with van der Waals surface area (Å²) in [4.78, 5) is 4.13. The van der Waals surface area contributed by atoms with Crippen LogP contribution in [-0.4, -0.2) is 27.9 Å². The summed E-state index contributed by atoms with van der Waals surface area (Å²) in [5, 5.41) is 7.78. The molecule has 1 unspecified atom stereocenters. The van der Waals surface area contributed by atoms with Crippen molar-refractivity contribution in [2.75, 3.05) is 18.8 Å². The molecule has 0 aliphatic carbocycles. The molecule has 3 aromatic rings. The maximum atomic E-state index is 14.1. The number of nitrogens with two attached hydrogens (primary N) is 1. The Balaban J connectivity index is 1.58. The molecule has 1 aliphatic heterocycles. The summed E-state index contributed by atoms with van der Waals surface area (Å²) in [5.74, 6) is -3.11. The van der Waals surface area contributed by atoms with Crippen molar-refractivity contribution in [3.8, 4) is 16.9 Å². The molecule has 2 aromatic heterocycles. The van der Waals surface area contributed by atoms with Crippen molar-refractivity contribution in [1.82, 2.24) is 20.1 Å².